The average molecular weight is 391 g/mol. The molecule has 1 aliphatic rings. The van der Waals surface area contributed by atoms with E-state index >= 15 is 0 Å². The Bertz CT molecular complexity index is 1010. The maximum absolute atomic E-state index is 13.8. The van der Waals surface area contributed by atoms with Crippen LogP contribution in [0.5, 0.6) is 0 Å². The van der Waals surface area contributed by atoms with Crippen molar-refractivity contribution in [3.63, 3.8) is 0 Å². The molecule has 0 spiro atoms. The Morgan fingerprint density at radius 1 is 1.30 bits per heavy atom. The van der Waals surface area contributed by atoms with Crippen LogP contribution in [-0.2, 0) is 12.8 Å². The number of fused-ring (bicyclic) bond motifs is 3. The number of hydrogen-bond acceptors (Lipinski definition) is 3. The minimum Gasteiger partial charge on any atom is -0.306 e. The molecule has 0 fully saturated rings. The summed E-state index contributed by atoms with van der Waals surface area (Å²) in [6, 6.07) is 4.85. The van der Waals surface area contributed by atoms with Crippen molar-refractivity contribution >= 4 is 49.6 Å². The summed E-state index contributed by atoms with van der Waals surface area (Å²) in [7, 11) is 0. The van der Waals surface area contributed by atoms with E-state index in [1.165, 1.54) is 10.9 Å². The zero-order valence-corrected chi connectivity index (χ0v) is 14.4. The summed E-state index contributed by atoms with van der Waals surface area (Å²) in [6.07, 6.45) is 6.36. The molecule has 0 unspecified atom stereocenters. The standard InChI is InChI=1S/C17H12BrFN2OS/c18-10-6-4-9(12(19)8-10)5-7-14-20-16(22)15-11-2-1-3-13(11)23-17(15)21-14/h4-8H,1-3H2,(H,20,21,22)/b7-5+. The van der Waals surface area contributed by atoms with Crippen molar-refractivity contribution in [2.75, 3.05) is 0 Å². The Morgan fingerprint density at radius 3 is 3.00 bits per heavy atom. The lowest BCUT2D eigenvalue weighted by molar-refractivity contribution is 0.624. The van der Waals surface area contributed by atoms with E-state index in [1.54, 1.807) is 35.6 Å². The van der Waals surface area contributed by atoms with Gasteiger partial charge in [0, 0.05) is 14.9 Å². The van der Waals surface area contributed by atoms with Gasteiger partial charge in [-0.25, -0.2) is 9.37 Å². The summed E-state index contributed by atoms with van der Waals surface area (Å²) in [5, 5.41) is 0.731. The molecular weight excluding hydrogens is 379 g/mol. The molecule has 0 bridgehead atoms. The van der Waals surface area contributed by atoms with Gasteiger partial charge in [0.15, 0.2) is 0 Å². The van der Waals surface area contributed by atoms with Gasteiger partial charge in [-0.1, -0.05) is 22.0 Å². The van der Waals surface area contributed by atoms with Crippen LogP contribution in [0, 0.1) is 5.82 Å². The molecule has 0 radical (unpaired) electrons. The molecule has 1 aliphatic carbocycles. The van der Waals surface area contributed by atoms with Crippen molar-refractivity contribution in [3.05, 3.63) is 60.7 Å². The first-order chi connectivity index (χ1) is 11.1. The molecule has 6 heteroatoms. The van der Waals surface area contributed by atoms with Crippen LogP contribution < -0.4 is 5.56 Å². The third-order valence-electron chi connectivity index (χ3n) is 3.98. The summed E-state index contributed by atoms with van der Waals surface area (Å²) in [4.78, 5) is 21.7. The number of nitrogens with zero attached hydrogens (tertiary/aromatic N) is 1. The van der Waals surface area contributed by atoms with Gasteiger partial charge in [-0.3, -0.25) is 4.79 Å². The van der Waals surface area contributed by atoms with Gasteiger partial charge in [-0.05, 0) is 49.1 Å². The molecule has 1 N–H and O–H groups in total. The van der Waals surface area contributed by atoms with E-state index in [-0.39, 0.29) is 11.4 Å². The topological polar surface area (TPSA) is 45.8 Å². The van der Waals surface area contributed by atoms with E-state index in [0.29, 0.717) is 15.9 Å². The fourth-order valence-corrected chi connectivity index (χ4v) is 4.51. The Labute approximate surface area is 144 Å². The number of aromatic nitrogens is 2. The van der Waals surface area contributed by atoms with E-state index in [2.05, 4.69) is 25.9 Å². The minimum absolute atomic E-state index is 0.106. The zero-order valence-electron chi connectivity index (χ0n) is 12.0. The van der Waals surface area contributed by atoms with E-state index in [1.807, 2.05) is 0 Å². The predicted molar refractivity (Wildman–Crippen MR) is 95.3 cm³/mol. The number of nitrogens with one attached hydrogen (secondary N) is 1. The molecule has 116 valence electrons. The number of halogens is 2. The lowest BCUT2D eigenvalue weighted by Crippen LogP contribution is -2.09. The highest BCUT2D eigenvalue weighted by Crippen LogP contribution is 2.34. The van der Waals surface area contributed by atoms with E-state index in [4.69, 9.17) is 0 Å². The van der Waals surface area contributed by atoms with Gasteiger partial charge in [0.05, 0.1) is 5.39 Å². The second-order valence-electron chi connectivity index (χ2n) is 5.49. The van der Waals surface area contributed by atoms with Gasteiger partial charge in [-0.15, -0.1) is 11.3 Å². The largest absolute Gasteiger partial charge is 0.306 e. The van der Waals surface area contributed by atoms with Gasteiger partial charge < -0.3 is 4.98 Å². The fourth-order valence-electron chi connectivity index (χ4n) is 2.90. The maximum atomic E-state index is 13.8. The number of thiophene rings is 1. The van der Waals surface area contributed by atoms with E-state index in [9.17, 15) is 9.18 Å². The Balaban J connectivity index is 1.75. The Hall–Kier alpha value is -1.79. The molecule has 4 rings (SSSR count). The first-order valence-electron chi connectivity index (χ1n) is 7.29. The molecule has 0 saturated carbocycles. The first kappa shape index (κ1) is 14.8. The fraction of sp³-hybridized carbons (Fsp3) is 0.176. The molecule has 0 saturated heterocycles. The molecule has 0 amide bonds. The second kappa shape index (κ2) is 5.69. The van der Waals surface area contributed by atoms with Gasteiger partial charge in [0.25, 0.3) is 5.56 Å². The summed E-state index contributed by atoms with van der Waals surface area (Å²) in [5.74, 6) is 0.124. The normalized spacial score (nSPS) is 14.0. The third kappa shape index (κ3) is 2.66. The summed E-state index contributed by atoms with van der Waals surface area (Å²) in [6.45, 7) is 0. The molecule has 2 aromatic heterocycles. The van der Waals surface area contributed by atoms with Crippen LogP contribution in [0.4, 0.5) is 4.39 Å². The lowest BCUT2D eigenvalue weighted by atomic mass is 10.2. The molecule has 0 aliphatic heterocycles. The minimum atomic E-state index is -0.325. The van der Waals surface area contributed by atoms with Crippen molar-refractivity contribution in [2.45, 2.75) is 19.3 Å². The quantitative estimate of drug-likeness (QED) is 0.697. The number of H-pyrrole nitrogens is 1. The van der Waals surface area contributed by atoms with Crippen LogP contribution >= 0.6 is 27.3 Å². The zero-order chi connectivity index (χ0) is 16.0. The van der Waals surface area contributed by atoms with Crippen LogP contribution in [0.2, 0.25) is 0 Å². The molecule has 1 aromatic carbocycles. The van der Waals surface area contributed by atoms with Crippen LogP contribution in [-0.4, -0.2) is 9.97 Å². The number of benzene rings is 1. The van der Waals surface area contributed by atoms with Crippen molar-refractivity contribution in [2.24, 2.45) is 0 Å². The van der Waals surface area contributed by atoms with Gasteiger partial charge >= 0.3 is 0 Å². The summed E-state index contributed by atoms with van der Waals surface area (Å²) in [5.41, 5.74) is 1.50. The Kier molecular flexibility index (Phi) is 3.66. The highest BCUT2D eigenvalue weighted by atomic mass is 79.9. The third-order valence-corrected chi connectivity index (χ3v) is 5.66. The van der Waals surface area contributed by atoms with Crippen LogP contribution in [0.3, 0.4) is 0 Å². The smallest absolute Gasteiger partial charge is 0.260 e. The van der Waals surface area contributed by atoms with Crippen LogP contribution in [0.1, 0.15) is 28.2 Å². The van der Waals surface area contributed by atoms with Gasteiger partial charge in [0.2, 0.25) is 0 Å². The van der Waals surface area contributed by atoms with Crippen LogP contribution in [0.15, 0.2) is 27.5 Å². The molecule has 23 heavy (non-hydrogen) atoms. The number of hydrogen-bond donors (Lipinski definition) is 1. The summed E-state index contributed by atoms with van der Waals surface area (Å²) >= 11 is 4.82. The molecule has 2 heterocycles. The van der Waals surface area contributed by atoms with Crippen molar-refractivity contribution in [1.29, 1.82) is 0 Å². The van der Waals surface area contributed by atoms with Crippen molar-refractivity contribution < 1.29 is 4.39 Å². The first-order valence-corrected chi connectivity index (χ1v) is 8.90. The number of aryl methyl sites for hydroxylation is 2. The highest BCUT2D eigenvalue weighted by molar-refractivity contribution is 9.10. The number of rotatable bonds is 2. The average Bonchev–Trinajstić information content (AvgIpc) is 3.06. The van der Waals surface area contributed by atoms with Crippen molar-refractivity contribution in [1.82, 2.24) is 9.97 Å². The predicted octanol–water partition coefficient (Wildman–Crippen LogP) is 4.55. The van der Waals surface area contributed by atoms with Crippen molar-refractivity contribution in [3.8, 4) is 0 Å². The second-order valence-corrected chi connectivity index (χ2v) is 7.49. The summed E-state index contributed by atoms with van der Waals surface area (Å²) < 4.78 is 14.5. The monoisotopic (exact) mass is 390 g/mol. The van der Waals surface area contributed by atoms with Crippen LogP contribution in [0.25, 0.3) is 22.4 Å². The molecule has 3 nitrogen and oxygen atoms in total. The number of aromatic amines is 1. The SMILES string of the molecule is O=c1[nH]c(/C=C/c2ccc(Br)cc2F)nc2sc3c(c12)CCC3. The molecule has 0 atom stereocenters. The maximum Gasteiger partial charge on any atom is 0.260 e. The Morgan fingerprint density at radius 2 is 2.17 bits per heavy atom. The van der Waals surface area contributed by atoms with Gasteiger partial charge in [0.1, 0.15) is 16.5 Å². The lowest BCUT2D eigenvalue weighted by Gasteiger charge is -1.99. The molecular formula is C17H12BrFN2OS. The highest BCUT2D eigenvalue weighted by Gasteiger charge is 2.20. The van der Waals surface area contributed by atoms with Gasteiger partial charge in [-0.2, -0.15) is 0 Å². The van der Waals surface area contributed by atoms with E-state index in [0.717, 1.165) is 35.0 Å². The molecule has 3 aromatic rings. The van der Waals surface area contributed by atoms with E-state index < -0.39 is 0 Å².